The molecule has 2 aromatic carbocycles. The molecule has 0 saturated heterocycles. The van der Waals surface area contributed by atoms with Crippen LogP contribution in [0.4, 0.5) is 0 Å². The van der Waals surface area contributed by atoms with Gasteiger partial charge in [0.05, 0.1) is 10.9 Å². The first-order valence-corrected chi connectivity index (χ1v) is 8.62. The van der Waals surface area contributed by atoms with E-state index in [9.17, 15) is 4.79 Å². The van der Waals surface area contributed by atoms with Crippen LogP contribution in [0.25, 0.3) is 21.7 Å². The highest BCUT2D eigenvalue weighted by molar-refractivity contribution is 6.05. The molecule has 5 heteroatoms. The van der Waals surface area contributed by atoms with Gasteiger partial charge in [-0.25, -0.2) is 4.79 Å². The molecule has 0 aliphatic carbocycles. The Balaban J connectivity index is 1.62. The molecule has 3 heterocycles. The fourth-order valence-corrected chi connectivity index (χ4v) is 3.67. The molecular weight excluding hydrogens is 328 g/mol. The molecule has 1 aliphatic heterocycles. The van der Waals surface area contributed by atoms with Crippen molar-refractivity contribution in [3.63, 3.8) is 0 Å². The molecule has 5 nitrogen and oxygen atoms in total. The summed E-state index contributed by atoms with van der Waals surface area (Å²) in [6.07, 6.45) is 3.60. The van der Waals surface area contributed by atoms with E-state index in [1.807, 2.05) is 42.5 Å². The maximum Gasteiger partial charge on any atom is 0.344 e. The number of pyridine rings is 1. The van der Waals surface area contributed by atoms with Crippen molar-refractivity contribution >= 4 is 21.7 Å². The fourth-order valence-electron chi connectivity index (χ4n) is 3.67. The predicted octanol–water partition coefficient (Wildman–Crippen LogP) is 2.28. The van der Waals surface area contributed by atoms with Crippen molar-refractivity contribution in [2.45, 2.75) is 13.1 Å². The Labute approximate surface area is 149 Å². The van der Waals surface area contributed by atoms with Crippen LogP contribution in [0.3, 0.4) is 0 Å². The zero-order chi connectivity index (χ0) is 17.5. The zero-order valence-corrected chi connectivity index (χ0v) is 14.1. The number of fused-ring (bicyclic) bond motifs is 5. The SMILES string of the molecule is O=c1oc2c3c(ccc2c2ccccc12)OC[NH+](Cc1ccncc1)C3. The van der Waals surface area contributed by atoms with Gasteiger partial charge < -0.3 is 9.15 Å². The number of hydrogen-bond donors (Lipinski definition) is 1. The highest BCUT2D eigenvalue weighted by Gasteiger charge is 2.25. The second-order valence-electron chi connectivity index (χ2n) is 6.60. The minimum Gasteiger partial charge on any atom is -0.445 e. The maximum atomic E-state index is 12.4. The summed E-state index contributed by atoms with van der Waals surface area (Å²) in [7, 11) is 0. The maximum absolute atomic E-state index is 12.4. The molecule has 0 fully saturated rings. The van der Waals surface area contributed by atoms with E-state index in [1.165, 1.54) is 10.5 Å². The van der Waals surface area contributed by atoms with Crippen LogP contribution in [0.2, 0.25) is 0 Å². The van der Waals surface area contributed by atoms with Gasteiger partial charge in [0.1, 0.15) is 18.8 Å². The molecule has 0 amide bonds. The molecule has 1 unspecified atom stereocenters. The van der Waals surface area contributed by atoms with E-state index >= 15 is 0 Å². The Bertz CT molecular complexity index is 1170. The number of ether oxygens (including phenoxy) is 1. The lowest BCUT2D eigenvalue weighted by molar-refractivity contribution is -0.945. The molecule has 4 aromatic rings. The summed E-state index contributed by atoms with van der Waals surface area (Å²) < 4.78 is 11.7. The van der Waals surface area contributed by atoms with E-state index in [0.29, 0.717) is 17.7 Å². The third kappa shape index (κ3) is 2.45. The summed E-state index contributed by atoms with van der Waals surface area (Å²) in [6.45, 7) is 2.16. The third-order valence-electron chi connectivity index (χ3n) is 4.91. The normalized spacial score (nSPS) is 16.4. The minimum atomic E-state index is -0.303. The van der Waals surface area contributed by atoms with Gasteiger partial charge in [0.25, 0.3) is 0 Å². The number of benzene rings is 2. The van der Waals surface area contributed by atoms with Gasteiger partial charge in [-0.2, -0.15) is 0 Å². The molecule has 1 atom stereocenters. The molecule has 0 spiro atoms. The lowest BCUT2D eigenvalue weighted by Gasteiger charge is -2.26. The molecule has 5 rings (SSSR count). The second-order valence-corrected chi connectivity index (χ2v) is 6.60. The zero-order valence-electron chi connectivity index (χ0n) is 14.1. The molecule has 1 N–H and O–H groups in total. The van der Waals surface area contributed by atoms with Crippen molar-refractivity contribution in [1.29, 1.82) is 0 Å². The summed E-state index contributed by atoms with van der Waals surface area (Å²) in [6, 6.07) is 15.5. The van der Waals surface area contributed by atoms with Crippen molar-refractivity contribution in [3.8, 4) is 5.75 Å². The van der Waals surface area contributed by atoms with Crippen molar-refractivity contribution in [2.75, 3.05) is 6.73 Å². The Morgan fingerprint density at radius 2 is 1.77 bits per heavy atom. The summed E-state index contributed by atoms with van der Waals surface area (Å²) in [4.78, 5) is 17.8. The average Bonchev–Trinajstić information content (AvgIpc) is 2.69. The smallest absolute Gasteiger partial charge is 0.344 e. The molecule has 2 aromatic heterocycles. The summed E-state index contributed by atoms with van der Waals surface area (Å²) in [5, 5.41) is 2.48. The lowest BCUT2D eigenvalue weighted by atomic mass is 10.0. The van der Waals surface area contributed by atoms with E-state index in [0.717, 1.165) is 35.2 Å². The van der Waals surface area contributed by atoms with E-state index < -0.39 is 0 Å². The first-order chi connectivity index (χ1) is 12.8. The van der Waals surface area contributed by atoms with Crippen LogP contribution in [-0.4, -0.2) is 11.7 Å². The van der Waals surface area contributed by atoms with Gasteiger partial charge in [-0.05, 0) is 35.7 Å². The number of nitrogens with one attached hydrogen (secondary N) is 1. The number of aromatic nitrogens is 1. The molecule has 26 heavy (non-hydrogen) atoms. The largest absolute Gasteiger partial charge is 0.445 e. The van der Waals surface area contributed by atoms with Crippen molar-refractivity contribution in [1.82, 2.24) is 4.98 Å². The number of rotatable bonds is 2. The van der Waals surface area contributed by atoms with Crippen LogP contribution in [-0.2, 0) is 13.1 Å². The van der Waals surface area contributed by atoms with Gasteiger partial charge in [-0.15, -0.1) is 0 Å². The Hall–Kier alpha value is -3.18. The topological polar surface area (TPSA) is 56.8 Å². The van der Waals surface area contributed by atoms with Gasteiger partial charge in [0.2, 0.25) is 6.73 Å². The second kappa shape index (κ2) is 5.97. The molecule has 1 aliphatic rings. The van der Waals surface area contributed by atoms with Crippen LogP contribution < -0.4 is 15.3 Å². The molecule has 0 radical (unpaired) electrons. The van der Waals surface area contributed by atoms with E-state index in [-0.39, 0.29) is 5.63 Å². The van der Waals surface area contributed by atoms with E-state index in [4.69, 9.17) is 9.15 Å². The Kier molecular flexibility index (Phi) is 3.47. The lowest BCUT2D eigenvalue weighted by Crippen LogP contribution is -3.10. The quantitative estimate of drug-likeness (QED) is 0.447. The van der Waals surface area contributed by atoms with Gasteiger partial charge >= 0.3 is 5.63 Å². The highest BCUT2D eigenvalue weighted by atomic mass is 16.5. The number of hydrogen-bond acceptors (Lipinski definition) is 4. The molecule has 0 bridgehead atoms. The van der Waals surface area contributed by atoms with Crippen molar-refractivity contribution < 1.29 is 14.1 Å². The van der Waals surface area contributed by atoms with Crippen LogP contribution in [0.5, 0.6) is 5.75 Å². The summed E-state index contributed by atoms with van der Waals surface area (Å²) in [5.41, 5.74) is 2.50. The minimum absolute atomic E-state index is 0.303. The van der Waals surface area contributed by atoms with Gasteiger partial charge in [0, 0.05) is 23.3 Å². The van der Waals surface area contributed by atoms with Gasteiger partial charge in [-0.1, -0.05) is 18.2 Å². The first kappa shape index (κ1) is 15.1. The highest BCUT2D eigenvalue weighted by Crippen LogP contribution is 2.31. The van der Waals surface area contributed by atoms with Gasteiger partial charge in [-0.3, -0.25) is 9.88 Å². The van der Waals surface area contributed by atoms with Crippen LogP contribution in [0.1, 0.15) is 11.1 Å². The van der Waals surface area contributed by atoms with Crippen molar-refractivity contribution in [2.24, 2.45) is 0 Å². The molecular formula is C21H17N2O3+. The molecule has 128 valence electrons. The van der Waals surface area contributed by atoms with E-state index in [2.05, 4.69) is 4.98 Å². The van der Waals surface area contributed by atoms with E-state index in [1.54, 1.807) is 18.5 Å². The van der Waals surface area contributed by atoms with Crippen LogP contribution >= 0.6 is 0 Å². The standard InChI is InChI=1S/C21H16N2O3/c24-21-17-4-2-1-3-15(17)16-5-6-19-18(20(16)26-21)12-23(13-25-19)11-14-7-9-22-10-8-14/h1-10H,11-13H2/p+1. The number of quaternary nitrogens is 1. The number of nitrogens with zero attached hydrogens (tertiary/aromatic N) is 1. The van der Waals surface area contributed by atoms with Crippen molar-refractivity contribution in [3.05, 3.63) is 82.5 Å². The Morgan fingerprint density at radius 3 is 2.62 bits per heavy atom. The monoisotopic (exact) mass is 345 g/mol. The van der Waals surface area contributed by atoms with Crippen LogP contribution in [0.15, 0.2) is 70.1 Å². The summed E-state index contributed by atoms with van der Waals surface area (Å²) >= 11 is 0. The Morgan fingerprint density at radius 1 is 0.962 bits per heavy atom. The fraction of sp³-hybridized carbons (Fsp3) is 0.143. The van der Waals surface area contributed by atoms with Gasteiger partial charge in [0.15, 0.2) is 5.58 Å². The molecule has 0 saturated carbocycles. The average molecular weight is 345 g/mol. The van der Waals surface area contributed by atoms with Crippen LogP contribution in [0, 0.1) is 0 Å². The summed E-state index contributed by atoms with van der Waals surface area (Å²) in [5.74, 6) is 0.800. The predicted molar refractivity (Wildman–Crippen MR) is 98.1 cm³/mol. The third-order valence-corrected chi connectivity index (χ3v) is 4.91. The first-order valence-electron chi connectivity index (χ1n) is 8.62.